The first-order valence-corrected chi connectivity index (χ1v) is 18.5. The molecule has 1 aliphatic rings. The number of benzene rings is 3. The number of rotatable bonds is 13. The van der Waals surface area contributed by atoms with Gasteiger partial charge >= 0.3 is 6.09 Å². The zero-order chi connectivity index (χ0) is 35.1. The molecule has 1 aliphatic heterocycles. The molecule has 0 radical (unpaired) electrons. The number of amides is 2. The first-order chi connectivity index (χ1) is 22.7. The molecule has 1 heterocycles. The molecule has 0 unspecified atom stereocenters. The van der Waals surface area contributed by atoms with Gasteiger partial charge < -0.3 is 25.2 Å². The zero-order valence-corrected chi connectivity index (χ0v) is 30.1. The van der Waals surface area contributed by atoms with Crippen LogP contribution in [-0.4, -0.2) is 73.5 Å². The number of carbonyl (C=O) groups is 2. The molecule has 0 saturated carbocycles. The van der Waals surface area contributed by atoms with Crippen molar-refractivity contribution in [3.05, 3.63) is 89.5 Å². The van der Waals surface area contributed by atoms with Gasteiger partial charge in [-0.2, -0.15) is 4.31 Å². The molecule has 10 nitrogen and oxygen atoms in total. The van der Waals surface area contributed by atoms with Crippen molar-refractivity contribution in [1.29, 1.82) is 0 Å². The van der Waals surface area contributed by atoms with E-state index >= 15 is 0 Å². The Kier molecular flexibility index (Phi) is 12.6. The van der Waals surface area contributed by atoms with Crippen LogP contribution >= 0.6 is 11.8 Å². The van der Waals surface area contributed by atoms with Gasteiger partial charge in [-0.3, -0.25) is 4.79 Å². The van der Waals surface area contributed by atoms with Crippen LogP contribution in [-0.2, 0) is 21.2 Å². The van der Waals surface area contributed by atoms with E-state index in [9.17, 15) is 23.1 Å². The van der Waals surface area contributed by atoms with Crippen molar-refractivity contribution < 1.29 is 32.6 Å². The summed E-state index contributed by atoms with van der Waals surface area (Å²) < 4.78 is 39.5. The topological polar surface area (TPSA) is 134 Å². The molecule has 0 bridgehead atoms. The highest BCUT2D eigenvalue weighted by atomic mass is 32.2. The number of aliphatic hydroxyl groups excluding tert-OH is 1. The molecule has 2 amide bonds. The highest BCUT2D eigenvalue weighted by Crippen LogP contribution is 2.37. The number of alkyl carbamates (subject to hydrolysis) is 1. The van der Waals surface area contributed by atoms with Crippen molar-refractivity contribution in [3.63, 3.8) is 0 Å². The van der Waals surface area contributed by atoms with Crippen LogP contribution in [0.1, 0.15) is 68.6 Å². The molecule has 0 aromatic heterocycles. The lowest BCUT2D eigenvalue weighted by molar-refractivity contribution is 0.0501. The number of methoxy groups -OCH3 is 1. The maximum absolute atomic E-state index is 13.8. The lowest BCUT2D eigenvalue weighted by Gasteiger charge is -2.31. The predicted octanol–water partition coefficient (Wildman–Crippen LogP) is 5.81. The van der Waals surface area contributed by atoms with Gasteiger partial charge in [0.1, 0.15) is 11.4 Å². The molecular formula is C36H47N3O7S2. The normalized spacial score (nSPS) is 16.1. The molecular weight excluding hydrogens is 651 g/mol. The average Bonchev–Trinajstić information content (AvgIpc) is 3.03. The predicted molar refractivity (Wildman–Crippen MR) is 188 cm³/mol. The molecule has 12 heteroatoms. The van der Waals surface area contributed by atoms with Gasteiger partial charge in [0, 0.05) is 29.3 Å². The summed E-state index contributed by atoms with van der Waals surface area (Å²) in [4.78, 5) is 27.5. The molecule has 0 spiro atoms. The van der Waals surface area contributed by atoms with Gasteiger partial charge in [0.05, 0.1) is 30.2 Å². The quantitative estimate of drug-likeness (QED) is 0.204. The fraction of sp³-hybridized carbons (Fsp3) is 0.444. The van der Waals surface area contributed by atoms with Crippen molar-refractivity contribution in [3.8, 4) is 5.75 Å². The van der Waals surface area contributed by atoms with Crippen LogP contribution in [0.3, 0.4) is 0 Å². The van der Waals surface area contributed by atoms with Gasteiger partial charge in [-0.25, -0.2) is 13.2 Å². The fourth-order valence-corrected chi connectivity index (χ4v) is 8.18. The second-order valence-corrected chi connectivity index (χ2v) is 16.4. The summed E-state index contributed by atoms with van der Waals surface area (Å²) in [5.74, 6) is 0.889. The minimum atomic E-state index is -3.98. The number of fused-ring (bicyclic) bond motifs is 1. The van der Waals surface area contributed by atoms with E-state index in [1.165, 1.54) is 23.5 Å². The minimum Gasteiger partial charge on any atom is -0.497 e. The number of carbonyl (C=O) groups excluding carboxylic acids is 2. The second kappa shape index (κ2) is 16.2. The number of sulfonamides is 1. The summed E-state index contributed by atoms with van der Waals surface area (Å²) in [5, 5.41) is 17.6. The Balaban J connectivity index is 1.59. The van der Waals surface area contributed by atoms with Crippen molar-refractivity contribution in [2.24, 2.45) is 5.92 Å². The number of hydrogen-bond acceptors (Lipinski definition) is 8. The number of hydrogen-bond donors (Lipinski definition) is 3. The van der Waals surface area contributed by atoms with Gasteiger partial charge in [-0.15, -0.1) is 11.8 Å². The summed E-state index contributed by atoms with van der Waals surface area (Å²) >= 11 is 1.65. The molecule has 3 aromatic carbocycles. The smallest absolute Gasteiger partial charge is 0.408 e. The van der Waals surface area contributed by atoms with Gasteiger partial charge in [0.25, 0.3) is 5.91 Å². The van der Waals surface area contributed by atoms with Crippen molar-refractivity contribution >= 4 is 33.8 Å². The third-order valence-corrected chi connectivity index (χ3v) is 10.7. The first-order valence-electron chi connectivity index (χ1n) is 16.1. The largest absolute Gasteiger partial charge is 0.497 e. The number of thioether (sulfide) groups is 1. The number of nitrogens with zero attached hydrogens (tertiary/aromatic N) is 1. The van der Waals surface area contributed by atoms with Crippen molar-refractivity contribution in [1.82, 2.24) is 14.9 Å². The number of aliphatic hydroxyl groups is 1. The van der Waals surface area contributed by atoms with Gasteiger partial charge in [-0.1, -0.05) is 44.2 Å². The van der Waals surface area contributed by atoms with Crippen LogP contribution in [0.25, 0.3) is 0 Å². The maximum Gasteiger partial charge on any atom is 0.408 e. The van der Waals surface area contributed by atoms with Crippen molar-refractivity contribution in [2.75, 3.05) is 26.0 Å². The van der Waals surface area contributed by atoms with E-state index in [4.69, 9.17) is 9.47 Å². The molecule has 3 N–H and O–H groups in total. The SMILES string of the molecule is COc1ccc(S(=O)(=O)N(CC(C)C)C[C@@H](O)[C@H](Cc2ccccc2)NC(=O)c2ccc3c(c2)[C@@H](NC(=O)OC(C)(C)C)CCS3)cc1. The summed E-state index contributed by atoms with van der Waals surface area (Å²) in [5.41, 5.74) is 1.41. The highest BCUT2D eigenvalue weighted by Gasteiger charge is 2.32. The molecule has 4 rings (SSSR count). The van der Waals surface area contributed by atoms with Gasteiger partial charge in [-0.05, 0) is 93.1 Å². The third-order valence-electron chi connectivity index (χ3n) is 7.74. The maximum atomic E-state index is 13.8. The van der Waals surface area contributed by atoms with Crippen LogP contribution in [0.2, 0.25) is 0 Å². The van der Waals surface area contributed by atoms with Gasteiger partial charge in [0.15, 0.2) is 0 Å². The standard InChI is InChI=1S/C36H47N3O7S2/c1-24(2)22-39(48(43,44)28-15-13-27(45-6)14-16-28)23-32(40)31(20-25-10-8-7-9-11-25)37-34(41)26-12-17-33-29(21-26)30(18-19-47-33)38-35(42)46-36(3,4)5/h7-17,21,24,30-32,40H,18-20,22-23H2,1-6H3,(H,37,41)(H,38,42)/t30-,31-,32+/m0/s1. The Bertz CT molecular complexity index is 1640. The molecule has 48 heavy (non-hydrogen) atoms. The number of nitrogens with one attached hydrogen (secondary N) is 2. The third kappa shape index (κ3) is 10.2. The van der Waals surface area contributed by atoms with E-state index in [-0.39, 0.29) is 36.4 Å². The fourth-order valence-electron chi connectivity index (χ4n) is 5.45. The minimum absolute atomic E-state index is 0.0250. The van der Waals surface area contributed by atoms with Crippen LogP contribution < -0.4 is 15.4 Å². The van der Waals surface area contributed by atoms with Crippen LogP contribution in [0.4, 0.5) is 4.79 Å². The Morgan fingerprint density at radius 1 is 1.02 bits per heavy atom. The summed E-state index contributed by atoms with van der Waals surface area (Å²) in [6.45, 7) is 9.17. The first kappa shape index (κ1) is 37.2. The zero-order valence-electron chi connectivity index (χ0n) is 28.4. The van der Waals surface area contributed by atoms with Gasteiger partial charge in [0.2, 0.25) is 10.0 Å². The molecule has 0 fully saturated rings. The number of ether oxygens (including phenoxy) is 2. The highest BCUT2D eigenvalue weighted by molar-refractivity contribution is 7.99. The molecule has 0 aliphatic carbocycles. The van der Waals surface area contributed by atoms with E-state index in [0.717, 1.165) is 21.8 Å². The van der Waals surface area contributed by atoms with Crippen LogP contribution in [0.15, 0.2) is 82.6 Å². The van der Waals surface area contributed by atoms with E-state index in [2.05, 4.69) is 10.6 Å². The van der Waals surface area contributed by atoms with Crippen LogP contribution in [0, 0.1) is 5.92 Å². The molecule has 0 saturated heterocycles. The van der Waals surface area contributed by atoms with Crippen LogP contribution in [0.5, 0.6) is 5.75 Å². The van der Waals surface area contributed by atoms with E-state index in [1.54, 1.807) is 56.8 Å². The van der Waals surface area contributed by atoms with Crippen molar-refractivity contribution in [2.45, 2.75) is 81.0 Å². The Morgan fingerprint density at radius 2 is 1.71 bits per heavy atom. The lowest BCUT2D eigenvalue weighted by atomic mass is 9.98. The van der Waals surface area contributed by atoms with E-state index in [1.807, 2.05) is 50.2 Å². The lowest BCUT2D eigenvalue weighted by Crippen LogP contribution is -2.51. The second-order valence-electron chi connectivity index (χ2n) is 13.3. The molecule has 260 valence electrons. The monoisotopic (exact) mass is 697 g/mol. The molecule has 3 atom stereocenters. The Hall–Kier alpha value is -3.58. The molecule has 3 aromatic rings. The average molecular weight is 698 g/mol. The van der Waals surface area contributed by atoms with E-state index in [0.29, 0.717) is 17.7 Å². The van der Waals surface area contributed by atoms with E-state index < -0.39 is 39.8 Å². The summed E-state index contributed by atoms with van der Waals surface area (Å²) in [6, 6.07) is 19.8. The summed E-state index contributed by atoms with van der Waals surface area (Å²) in [6.07, 6.45) is -0.821. The Labute approximate surface area is 288 Å². The Morgan fingerprint density at radius 3 is 2.33 bits per heavy atom. The summed E-state index contributed by atoms with van der Waals surface area (Å²) in [7, 11) is -2.47.